The number of halogens is 3. The third-order valence-corrected chi connectivity index (χ3v) is 5.26. The lowest BCUT2D eigenvalue weighted by Crippen LogP contribution is -2.52. The Balaban J connectivity index is 1.36. The van der Waals surface area contributed by atoms with Crippen LogP contribution in [0.5, 0.6) is 5.75 Å². The number of piperazine rings is 1. The Labute approximate surface area is 160 Å². The third-order valence-electron chi connectivity index (χ3n) is 5.26. The molecule has 6 nitrogen and oxygen atoms in total. The molecule has 3 heterocycles. The Morgan fingerprint density at radius 2 is 2.07 bits per heavy atom. The maximum absolute atomic E-state index is 12.8. The van der Waals surface area contributed by atoms with Crippen molar-refractivity contribution in [3.8, 4) is 5.75 Å². The van der Waals surface area contributed by atoms with Crippen LogP contribution in [0.4, 0.5) is 13.2 Å². The largest absolute Gasteiger partial charge is 0.471 e. The van der Waals surface area contributed by atoms with Gasteiger partial charge in [0, 0.05) is 31.9 Å². The van der Waals surface area contributed by atoms with Gasteiger partial charge in [0.1, 0.15) is 5.75 Å². The minimum Gasteiger partial charge on any atom is -0.471 e. The number of rotatable bonds is 4. The Morgan fingerprint density at radius 1 is 1.21 bits per heavy atom. The number of aromatic nitrogens is 2. The van der Waals surface area contributed by atoms with Crippen LogP contribution < -0.4 is 4.74 Å². The number of hydrogen-bond acceptors (Lipinski definition) is 4. The van der Waals surface area contributed by atoms with Gasteiger partial charge >= 0.3 is 6.18 Å². The lowest BCUT2D eigenvalue weighted by molar-refractivity contribution is -0.137. The Hall–Kier alpha value is -2.55. The molecule has 9 heteroatoms. The molecule has 2 fully saturated rings. The van der Waals surface area contributed by atoms with Crippen molar-refractivity contribution in [1.82, 2.24) is 19.6 Å². The summed E-state index contributed by atoms with van der Waals surface area (Å²) in [5, 5.41) is 4.22. The van der Waals surface area contributed by atoms with E-state index in [4.69, 9.17) is 4.74 Å². The third kappa shape index (κ3) is 3.99. The first-order valence-electron chi connectivity index (χ1n) is 9.27. The molecule has 2 aliphatic rings. The minimum atomic E-state index is -4.42. The molecular weight excluding hydrogens is 373 g/mol. The molecule has 1 atom stereocenters. The van der Waals surface area contributed by atoms with Crippen molar-refractivity contribution >= 4 is 5.91 Å². The van der Waals surface area contributed by atoms with E-state index >= 15 is 0 Å². The Bertz CT molecular complexity index is 852. The number of hydrogen-bond donors (Lipinski definition) is 0. The summed E-state index contributed by atoms with van der Waals surface area (Å²) in [6.07, 6.45) is -0.544. The highest BCUT2D eigenvalue weighted by Crippen LogP contribution is 2.31. The Kier molecular flexibility index (Phi) is 5.01. The van der Waals surface area contributed by atoms with Crippen LogP contribution in [-0.2, 0) is 12.9 Å². The van der Waals surface area contributed by atoms with E-state index in [1.807, 2.05) is 4.90 Å². The first-order chi connectivity index (χ1) is 13.4. The van der Waals surface area contributed by atoms with E-state index in [1.165, 1.54) is 23.2 Å². The summed E-state index contributed by atoms with van der Waals surface area (Å²) in [4.78, 5) is 16.9. The molecule has 2 aliphatic heterocycles. The summed E-state index contributed by atoms with van der Waals surface area (Å²) in [5.74, 6) is -0.0278. The average molecular weight is 394 g/mol. The molecule has 0 unspecified atom stereocenters. The number of fused-ring (bicyclic) bond motifs is 1. The van der Waals surface area contributed by atoms with Gasteiger partial charge in [-0.3, -0.25) is 9.69 Å². The van der Waals surface area contributed by atoms with E-state index < -0.39 is 11.7 Å². The highest BCUT2D eigenvalue weighted by atomic mass is 19.4. The fraction of sp³-hybridized carbons (Fsp3) is 0.474. The van der Waals surface area contributed by atoms with Gasteiger partial charge in [0.25, 0.3) is 5.91 Å². The summed E-state index contributed by atoms with van der Waals surface area (Å²) >= 11 is 0. The molecule has 2 saturated heterocycles. The first kappa shape index (κ1) is 18.8. The van der Waals surface area contributed by atoms with Gasteiger partial charge in [-0.05, 0) is 43.7 Å². The van der Waals surface area contributed by atoms with Crippen molar-refractivity contribution in [2.75, 3.05) is 26.2 Å². The molecular formula is C19H21F3N4O2. The zero-order valence-corrected chi connectivity index (χ0v) is 15.2. The quantitative estimate of drug-likeness (QED) is 0.800. The minimum absolute atomic E-state index is 0.0784. The number of ether oxygens (including phenoxy) is 1. The van der Waals surface area contributed by atoms with E-state index in [1.54, 1.807) is 12.3 Å². The Morgan fingerprint density at radius 3 is 2.89 bits per heavy atom. The van der Waals surface area contributed by atoms with Crippen molar-refractivity contribution in [3.63, 3.8) is 0 Å². The van der Waals surface area contributed by atoms with Crippen LogP contribution in [0.15, 0.2) is 36.5 Å². The second kappa shape index (κ2) is 7.46. The SMILES string of the molecule is O=C(c1ccn(COc2cccc(C(F)(F)F)c2)n1)N1CCN2CCC[C@@H]2C1. The van der Waals surface area contributed by atoms with Gasteiger partial charge in [0.15, 0.2) is 12.4 Å². The molecule has 28 heavy (non-hydrogen) atoms. The molecule has 0 bridgehead atoms. The van der Waals surface area contributed by atoms with E-state index in [0.29, 0.717) is 24.8 Å². The summed E-state index contributed by atoms with van der Waals surface area (Å²) < 4.78 is 45.1. The number of nitrogens with zero attached hydrogens (tertiary/aromatic N) is 4. The predicted octanol–water partition coefficient (Wildman–Crippen LogP) is 2.86. The van der Waals surface area contributed by atoms with Crippen LogP contribution in [0.1, 0.15) is 28.9 Å². The lowest BCUT2D eigenvalue weighted by Gasteiger charge is -2.37. The molecule has 4 rings (SSSR count). The predicted molar refractivity (Wildman–Crippen MR) is 94.8 cm³/mol. The van der Waals surface area contributed by atoms with Crippen LogP contribution in [0.2, 0.25) is 0 Å². The summed E-state index contributed by atoms with van der Waals surface area (Å²) in [7, 11) is 0. The van der Waals surface area contributed by atoms with Crippen LogP contribution in [0.25, 0.3) is 0 Å². The van der Waals surface area contributed by atoms with E-state index in [9.17, 15) is 18.0 Å². The fourth-order valence-electron chi connectivity index (χ4n) is 3.79. The van der Waals surface area contributed by atoms with Crippen molar-refractivity contribution in [1.29, 1.82) is 0 Å². The van der Waals surface area contributed by atoms with Gasteiger partial charge in [0.2, 0.25) is 0 Å². The first-order valence-corrected chi connectivity index (χ1v) is 9.27. The van der Waals surface area contributed by atoms with Crippen molar-refractivity contribution in [2.45, 2.75) is 31.8 Å². The van der Waals surface area contributed by atoms with Crippen molar-refractivity contribution < 1.29 is 22.7 Å². The average Bonchev–Trinajstić information content (AvgIpc) is 3.34. The zero-order chi connectivity index (χ0) is 19.7. The monoisotopic (exact) mass is 394 g/mol. The molecule has 1 amide bonds. The highest BCUT2D eigenvalue weighted by molar-refractivity contribution is 5.92. The van der Waals surface area contributed by atoms with Crippen LogP contribution in [0, 0.1) is 0 Å². The van der Waals surface area contributed by atoms with Crippen LogP contribution in [-0.4, -0.2) is 57.7 Å². The number of alkyl halides is 3. The molecule has 0 spiro atoms. The van der Waals surface area contributed by atoms with Crippen molar-refractivity contribution in [3.05, 3.63) is 47.8 Å². The van der Waals surface area contributed by atoms with Gasteiger partial charge in [-0.15, -0.1) is 0 Å². The molecule has 0 aliphatic carbocycles. The summed E-state index contributed by atoms with van der Waals surface area (Å²) in [6.45, 7) is 3.31. The molecule has 0 saturated carbocycles. The second-order valence-corrected chi connectivity index (χ2v) is 7.12. The molecule has 0 N–H and O–H groups in total. The second-order valence-electron chi connectivity index (χ2n) is 7.12. The summed E-state index contributed by atoms with van der Waals surface area (Å²) in [6, 6.07) is 6.71. The maximum Gasteiger partial charge on any atom is 0.416 e. The normalized spacial score (nSPS) is 20.2. The van der Waals surface area contributed by atoms with Gasteiger partial charge in [-0.2, -0.15) is 18.3 Å². The maximum atomic E-state index is 12.8. The zero-order valence-electron chi connectivity index (χ0n) is 15.2. The van der Waals surface area contributed by atoms with Gasteiger partial charge < -0.3 is 9.64 Å². The van der Waals surface area contributed by atoms with E-state index in [-0.39, 0.29) is 18.4 Å². The van der Waals surface area contributed by atoms with Crippen LogP contribution in [0.3, 0.4) is 0 Å². The highest BCUT2D eigenvalue weighted by Gasteiger charge is 2.33. The molecule has 1 aromatic carbocycles. The van der Waals surface area contributed by atoms with Gasteiger partial charge in [-0.1, -0.05) is 6.07 Å². The smallest absolute Gasteiger partial charge is 0.416 e. The van der Waals surface area contributed by atoms with Crippen molar-refractivity contribution in [2.24, 2.45) is 0 Å². The standard InChI is InChI=1S/C19H21F3N4O2/c20-19(21,22)14-3-1-5-16(11-14)28-13-26-8-6-17(23-26)18(27)25-10-9-24-7-2-4-15(24)12-25/h1,3,5-6,8,11,15H,2,4,7,9-10,12-13H2/t15-/m1/s1. The molecule has 1 aromatic heterocycles. The summed E-state index contributed by atoms with van der Waals surface area (Å²) in [5.41, 5.74) is -0.452. The van der Waals surface area contributed by atoms with Gasteiger partial charge in [0.05, 0.1) is 5.56 Å². The number of carbonyl (C=O) groups is 1. The van der Waals surface area contributed by atoms with E-state index in [2.05, 4.69) is 10.00 Å². The number of benzene rings is 1. The van der Waals surface area contributed by atoms with Crippen LogP contribution >= 0.6 is 0 Å². The lowest BCUT2D eigenvalue weighted by atomic mass is 10.1. The molecule has 0 radical (unpaired) electrons. The number of amides is 1. The number of carbonyl (C=O) groups excluding carboxylic acids is 1. The van der Waals surface area contributed by atoms with E-state index in [0.717, 1.165) is 31.6 Å². The molecule has 150 valence electrons. The van der Waals surface area contributed by atoms with Gasteiger partial charge in [-0.25, -0.2) is 4.68 Å². The fourth-order valence-corrected chi connectivity index (χ4v) is 3.79. The topological polar surface area (TPSA) is 50.6 Å². The molecule has 2 aromatic rings.